The van der Waals surface area contributed by atoms with Crippen molar-refractivity contribution < 1.29 is 9.59 Å². The molecule has 2 atom stereocenters. The molecule has 0 heterocycles. The molecule has 142 valence electrons. The largest absolute Gasteiger partial charge is 0.339 e. The van der Waals surface area contributed by atoms with Gasteiger partial charge in [0, 0.05) is 29.7 Å². The number of carbonyl (C=O) groups excluding carboxylic acids is 2. The number of nitrogens with one attached hydrogen (secondary N) is 1. The molecule has 0 radical (unpaired) electrons. The van der Waals surface area contributed by atoms with Gasteiger partial charge in [0.2, 0.25) is 5.91 Å². The van der Waals surface area contributed by atoms with Crippen LogP contribution in [0.5, 0.6) is 0 Å². The Bertz CT molecular complexity index is 865. The molecule has 0 aliphatic heterocycles. The minimum atomic E-state index is -0.108. The van der Waals surface area contributed by atoms with Crippen molar-refractivity contribution in [1.29, 1.82) is 0 Å². The number of benzene rings is 2. The van der Waals surface area contributed by atoms with Crippen LogP contribution < -0.4 is 5.32 Å². The maximum absolute atomic E-state index is 12.5. The predicted molar refractivity (Wildman–Crippen MR) is 110 cm³/mol. The smallest absolute Gasteiger partial charge is 0.255 e. The van der Waals surface area contributed by atoms with Gasteiger partial charge < -0.3 is 10.2 Å². The van der Waals surface area contributed by atoms with Crippen LogP contribution >= 0.6 is 23.2 Å². The maximum atomic E-state index is 12.5. The van der Waals surface area contributed by atoms with Gasteiger partial charge in [-0.1, -0.05) is 41.4 Å². The monoisotopic (exact) mass is 404 g/mol. The second kappa shape index (κ2) is 8.32. The predicted octanol–water partition coefficient (Wildman–Crippen LogP) is 5.22. The Morgan fingerprint density at radius 2 is 1.78 bits per heavy atom. The van der Waals surface area contributed by atoms with E-state index >= 15 is 0 Å². The first-order chi connectivity index (χ1) is 13.0. The van der Waals surface area contributed by atoms with Crippen LogP contribution in [0.15, 0.2) is 42.5 Å². The normalized spacial score (nSPS) is 18.1. The summed E-state index contributed by atoms with van der Waals surface area (Å²) in [5.41, 5.74) is 2.04. The fourth-order valence-corrected chi connectivity index (χ4v) is 3.82. The molecule has 0 spiro atoms. The quantitative estimate of drug-likeness (QED) is 0.717. The summed E-state index contributed by atoms with van der Waals surface area (Å²) < 4.78 is 0. The van der Waals surface area contributed by atoms with Crippen LogP contribution in [-0.4, -0.2) is 29.8 Å². The third-order valence-corrected chi connectivity index (χ3v) is 5.61. The van der Waals surface area contributed by atoms with Gasteiger partial charge in [0.1, 0.15) is 0 Å². The van der Waals surface area contributed by atoms with E-state index in [1.54, 1.807) is 23.1 Å². The van der Waals surface area contributed by atoms with E-state index in [4.69, 9.17) is 23.2 Å². The third kappa shape index (κ3) is 4.28. The number of anilines is 1. The molecule has 0 bridgehead atoms. The van der Waals surface area contributed by atoms with Gasteiger partial charge in [-0.3, -0.25) is 9.59 Å². The highest BCUT2D eigenvalue weighted by Crippen LogP contribution is 2.50. The van der Waals surface area contributed by atoms with Crippen molar-refractivity contribution in [2.45, 2.75) is 26.2 Å². The van der Waals surface area contributed by atoms with E-state index in [0.717, 1.165) is 12.0 Å². The van der Waals surface area contributed by atoms with Gasteiger partial charge in [0.05, 0.1) is 10.6 Å². The average Bonchev–Trinajstić information content (AvgIpc) is 3.44. The zero-order valence-electron chi connectivity index (χ0n) is 15.3. The van der Waals surface area contributed by atoms with Gasteiger partial charge >= 0.3 is 0 Å². The molecular formula is C21H22Cl2N2O2. The zero-order chi connectivity index (χ0) is 19.6. The summed E-state index contributed by atoms with van der Waals surface area (Å²) in [6.45, 7) is 5.09. The van der Waals surface area contributed by atoms with Crippen LogP contribution in [0.1, 0.15) is 42.1 Å². The van der Waals surface area contributed by atoms with Crippen molar-refractivity contribution in [2.75, 3.05) is 18.4 Å². The molecule has 1 saturated carbocycles. The van der Waals surface area contributed by atoms with Gasteiger partial charge in [-0.25, -0.2) is 0 Å². The highest BCUT2D eigenvalue weighted by Gasteiger charge is 2.44. The lowest BCUT2D eigenvalue weighted by Gasteiger charge is -2.19. The Hall–Kier alpha value is -2.04. The van der Waals surface area contributed by atoms with Crippen LogP contribution in [0.3, 0.4) is 0 Å². The number of carbonyl (C=O) groups is 2. The molecule has 1 N–H and O–H groups in total. The van der Waals surface area contributed by atoms with Gasteiger partial charge in [0.15, 0.2) is 0 Å². The summed E-state index contributed by atoms with van der Waals surface area (Å²) in [6.07, 6.45) is 0.780. The van der Waals surface area contributed by atoms with E-state index in [1.165, 1.54) is 0 Å². The molecule has 1 fully saturated rings. The summed E-state index contributed by atoms with van der Waals surface area (Å²) in [6, 6.07) is 12.6. The average molecular weight is 405 g/mol. The van der Waals surface area contributed by atoms with E-state index in [0.29, 0.717) is 34.4 Å². The van der Waals surface area contributed by atoms with Crippen molar-refractivity contribution in [3.05, 3.63) is 63.6 Å². The Morgan fingerprint density at radius 3 is 2.41 bits per heavy atom. The molecular weight excluding hydrogens is 383 g/mol. The summed E-state index contributed by atoms with van der Waals surface area (Å²) >= 11 is 12.5. The van der Waals surface area contributed by atoms with Crippen molar-refractivity contribution in [2.24, 2.45) is 5.92 Å². The van der Waals surface area contributed by atoms with Gasteiger partial charge in [0.25, 0.3) is 5.91 Å². The van der Waals surface area contributed by atoms with Gasteiger partial charge in [-0.15, -0.1) is 0 Å². The molecule has 1 aliphatic rings. The van der Waals surface area contributed by atoms with Gasteiger partial charge in [-0.2, -0.15) is 0 Å². The lowest BCUT2D eigenvalue weighted by Crippen LogP contribution is -2.30. The lowest BCUT2D eigenvalue weighted by atomic mass is 10.1. The van der Waals surface area contributed by atoms with Crippen molar-refractivity contribution in [3.8, 4) is 0 Å². The summed E-state index contributed by atoms with van der Waals surface area (Å²) in [5.74, 6) is -0.110. The summed E-state index contributed by atoms with van der Waals surface area (Å²) in [7, 11) is 0. The Balaban J connectivity index is 1.67. The van der Waals surface area contributed by atoms with Crippen LogP contribution in [-0.2, 0) is 4.79 Å². The number of nitrogens with zero attached hydrogens (tertiary/aromatic N) is 1. The molecule has 2 aromatic carbocycles. The first-order valence-corrected chi connectivity index (χ1v) is 9.85. The van der Waals surface area contributed by atoms with E-state index < -0.39 is 0 Å². The summed E-state index contributed by atoms with van der Waals surface area (Å²) in [5, 5.41) is 3.93. The first kappa shape index (κ1) is 19.7. The number of hydrogen-bond acceptors (Lipinski definition) is 2. The fourth-order valence-electron chi connectivity index (χ4n) is 3.29. The molecule has 2 unspecified atom stereocenters. The maximum Gasteiger partial charge on any atom is 0.255 e. The van der Waals surface area contributed by atoms with Crippen molar-refractivity contribution in [1.82, 2.24) is 4.90 Å². The minimum Gasteiger partial charge on any atom is -0.339 e. The summed E-state index contributed by atoms with van der Waals surface area (Å²) in [4.78, 5) is 26.7. The molecule has 1 aliphatic carbocycles. The highest BCUT2D eigenvalue weighted by atomic mass is 35.5. The van der Waals surface area contributed by atoms with Crippen LogP contribution in [0.4, 0.5) is 5.69 Å². The Morgan fingerprint density at radius 1 is 1.07 bits per heavy atom. The highest BCUT2D eigenvalue weighted by molar-refractivity contribution is 6.34. The molecule has 2 amide bonds. The molecule has 0 saturated heterocycles. The third-order valence-electron chi connectivity index (χ3n) is 4.95. The Kier molecular flexibility index (Phi) is 6.08. The van der Waals surface area contributed by atoms with E-state index in [2.05, 4.69) is 5.32 Å². The minimum absolute atomic E-state index is 0.0567. The number of rotatable bonds is 6. The first-order valence-electron chi connectivity index (χ1n) is 9.10. The van der Waals surface area contributed by atoms with E-state index in [-0.39, 0.29) is 23.7 Å². The SMILES string of the molecule is CCN(CC)C(=O)c1ccc(NC(=O)C2CC2c2ccccc2Cl)cc1Cl. The van der Waals surface area contributed by atoms with E-state index in [9.17, 15) is 9.59 Å². The fraction of sp³-hybridized carbons (Fsp3) is 0.333. The lowest BCUT2D eigenvalue weighted by molar-refractivity contribution is -0.117. The van der Waals surface area contributed by atoms with Crippen molar-refractivity contribution >= 4 is 40.7 Å². The molecule has 2 aromatic rings. The van der Waals surface area contributed by atoms with Crippen LogP contribution in [0, 0.1) is 5.92 Å². The van der Waals surface area contributed by atoms with E-state index in [1.807, 2.05) is 38.1 Å². The van der Waals surface area contributed by atoms with Gasteiger partial charge in [-0.05, 0) is 56.0 Å². The van der Waals surface area contributed by atoms with Crippen molar-refractivity contribution in [3.63, 3.8) is 0 Å². The molecule has 6 heteroatoms. The number of halogens is 2. The van der Waals surface area contributed by atoms with Crippen LogP contribution in [0.2, 0.25) is 10.0 Å². The number of amides is 2. The standard InChI is InChI=1S/C21H22Cl2N2O2/c1-3-25(4-2)21(27)15-10-9-13(11-19(15)23)24-20(26)17-12-16(17)14-7-5-6-8-18(14)22/h5-11,16-17H,3-4,12H2,1-2H3,(H,24,26). The number of hydrogen-bond donors (Lipinski definition) is 1. The molecule has 0 aromatic heterocycles. The zero-order valence-corrected chi connectivity index (χ0v) is 16.8. The second-order valence-corrected chi connectivity index (χ2v) is 7.45. The van der Waals surface area contributed by atoms with Crippen LogP contribution in [0.25, 0.3) is 0 Å². The molecule has 3 rings (SSSR count). The second-order valence-electron chi connectivity index (χ2n) is 6.63. The molecule has 4 nitrogen and oxygen atoms in total. The Labute approximate surface area is 169 Å². The molecule has 27 heavy (non-hydrogen) atoms. The topological polar surface area (TPSA) is 49.4 Å².